The highest BCUT2D eigenvalue weighted by atomic mass is 16.5. The molecular weight excluding hydrogens is 166 g/mol. The van der Waals surface area contributed by atoms with Crippen molar-refractivity contribution in [1.29, 1.82) is 0 Å². The van der Waals surface area contributed by atoms with Crippen LogP contribution in [-0.2, 0) is 9.53 Å². The highest BCUT2D eigenvalue weighted by molar-refractivity contribution is 5.69. The standard InChI is InChI=1S/C10H21NO2/c1-2-3-9-13-10(12)7-5-4-6-8-11/h2-9,11H2,1H3. The molecule has 0 aromatic carbocycles. The van der Waals surface area contributed by atoms with E-state index in [1.165, 1.54) is 0 Å². The van der Waals surface area contributed by atoms with Gasteiger partial charge in [-0.2, -0.15) is 0 Å². The molecule has 0 bridgehead atoms. The maximum absolute atomic E-state index is 11.0. The fourth-order valence-corrected chi connectivity index (χ4v) is 0.993. The van der Waals surface area contributed by atoms with Gasteiger partial charge in [-0.05, 0) is 25.8 Å². The van der Waals surface area contributed by atoms with E-state index >= 15 is 0 Å². The van der Waals surface area contributed by atoms with E-state index in [0.29, 0.717) is 19.6 Å². The minimum absolute atomic E-state index is 0.0644. The Morgan fingerprint density at radius 3 is 2.62 bits per heavy atom. The van der Waals surface area contributed by atoms with E-state index < -0.39 is 0 Å². The third-order valence-electron chi connectivity index (χ3n) is 1.85. The van der Waals surface area contributed by atoms with Gasteiger partial charge in [0.15, 0.2) is 0 Å². The predicted molar refractivity (Wildman–Crippen MR) is 53.4 cm³/mol. The van der Waals surface area contributed by atoms with Crippen molar-refractivity contribution >= 4 is 5.97 Å². The summed E-state index contributed by atoms with van der Waals surface area (Å²) in [4.78, 5) is 11.0. The second-order valence-electron chi connectivity index (χ2n) is 3.17. The normalized spacial score (nSPS) is 10.0. The Bertz CT molecular complexity index is 126. The molecule has 0 aliphatic carbocycles. The summed E-state index contributed by atoms with van der Waals surface area (Å²) in [7, 11) is 0. The van der Waals surface area contributed by atoms with Crippen LogP contribution in [0.15, 0.2) is 0 Å². The van der Waals surface area contributed by atoms with Gasteiger partial charge < -0.3 is 10.5 Å². The summed E-state index contributed by atoms with van der Waals surface area (Å²) >= 11 is 0. The molecule has 0 fully saturated rings. The lowest BCUT2D eigenvalue weighted by Gasteiger charge is -2.02. The molecule has 0 unspecified atom stereocenters. The van der Waals surface area contributed by atoms with Crippen molar-refractivity contribution < 1.29 is 9.53 Å². The molecule has 0 aliphatic rings. The van der Waals surface area contributed by atoms with Crippen LogP contribution >= 0.6 is 0 Å². The van der Waals surface area contributed by atoms with Gasteiger partial charge in [-0.1, -0.05) is 19.8 Å². The third kappa shape index (κ3) is 9.34. The van der Waals surface area contributed by atoms with Crippen LogP contribution in [0, 0.1) is 0 Å². The number of hydrogen-bond acceptors (Lipinski definition) is 3. The molecule has 2 N–H and O–H groups in total. The van der Waals surface area contributed by atoms with E-state index in [0.717, 1.165) is 32.1 Å². The molecule has 0 aromatic heterocycles. The Morgan fingerprint density at radius 2 is 2.00 bits per heavy atom. The number of carbonyl (C=O) groups is 1. The summed E-state index contributed by atoms with van der Waals surface area (Å²) in [6, 6.07) is 0. The van der Waals surface area contributed by atoms with Crippen molar-refractivity contribution in [2.45, 2.75) is 45.4 Å². The molecule has 0 aromatic rings. The quantitative estimate of drug-likeness (QED) is 0.466. The lowest BCUT2D eigenvalue weighted by molar-refractivity contribution is -0.143. The molecule has 0 spiro atoms. The zero-order valence-electron chi connectivity index (χ0n) is 8.55. The molecule has 0 atom stereocenters. The average Bonchev–Trinajstić information content (AvgIpc) is 2.13. The molecule has 3 nitrogen and oxygen atoms in total. The van der Waals surface area contributed by atoms with E-state index in [1.807, 2.05) is 0 Å². The number of carbonyl (C=O) groups excluding carboxylic acids is 1. The summed E-state index contributed by atoms with van der Waals surface area (Å²) in [5.74, 6) is -0.0644. The van der Waals surface area contributed by atoms with Gasteiger partial charge in [-0.15, -0.1) is 0 Å². The molecule has 0 saturated carbocycles. The number of rotatable bonds is 8. The Labute approximate surface area is 80.6 Å². The van der Waals surface area contributed by atoms with Gasteiger partial charge in [0.1, 0.15) is 0 Å². The second kappa shape index (κ2) is 9.52. The molecule has 0 rings (SSSR count). The Hall–Kier alpha value is -0.570. The van der Waals surface area contributed by atoms with Gasteiger partial charge in [0, 0.05) is 6.42 Å². The number of ether oxygens (including phenoxy) is 1. The van der Waals surface area contributed by atoms with Gasteiger partial charge in [0.25, 0.3) is 0 Å². The van der Waals surface area contributed by atoms with Crippen molar-refractivity contribution in [2.24, 2.45) is 5.73 Å². The highest BCUT2D eigenvalue weighted by Gasteiger charge is 2.00. The topological polar surface area (TPSA) is 52.3 Å². The zero-order chi connectivity index (χ0) is 9.94. The van der Waals surface area contributed by atoms with Gasteiger partial charge >= 0.3 is 5.97 Å². The molecule has 0 heterocycles. The predicted octanol–water partition coefficient (Wildman–Crippen LogP) is 1.85. The molecule has 3 heteroatoms. The molecule has 0 aliphatic heterocycles. The first-order chi connectivity index (χ1) is 6.31. The number of nitrogens with two attached hydrogens (primary N) is 1. The molecular formula is C10H21NO2. The number of unbranched alkanes of at least 4 members (excludes halogenated alkanes) is 3. The Balaban J connectivity index is 3.11. The van der Waals surface area contributed by atoms with Crippen LogP contribution in [0.3, 0.4) is 0 Å². The van der Waals surface area contributed by atoms with Crippen LogP contribution < -0.4 is 5.73 Å². The van der Waals surface area contributed by atoms with E-state index in [1.54, 1.807) is 0 Å². The van der Waals surface area contributed by atoms with Crippen LogP contribution in [0.1, 0.15) is 45.4 Å². The average molecular weight is 187 g/mol. The van der Waals surface area contributed by atoms with E-state index in [4.69, 9.17) is 10.5 Å². The van der Waals surface area contributed by atoms with Crippen LogP contribution in [0.5, 0.6) is 0 Å². The van der Waals surface area contributed by atoms with Crippen LogP contribution in [0.4, 0.5) is 0 Å². The lowest BCUT2D eigenvalue weighted by Crippen LogP contribution is -2.06. The molecule has 0 amide bonds. The highest BCUT2D eigenvalue weighted by Crippen LogP contribution is 2.00. The maximum atomic E-state index is 11.0. The Morgan fingerprint density at radius 1 is 1.23 bits per heavy atom. The number of esters is 1. The monoisotopic (exact) mass is 187 g/mol. The summed E-state index contributed by atoms with van der Waals surface area (Å²) in [5, 5.41) is 0. The van der Waals surface area contributed by atoms with Crippen molar-refractivity contribution in [2.75, 3.05) is 13.2 Å². The largest absolute Gasteiger partial charge is 0.466 e. The van der Waals surface area contributed by atoms with Crippen LogP contribution in [0.2, 0.25) is 0 Å². The summed E-state index contributed by atoms with van der Waals surface area (Å²) < 4.78 is 4.99. The fraction of sp³-hybridized carbons (Fsp3) is 0.900. The summed E-state index contributed by atoms with van der Waals surface area (Å²) in [5.41, 5.74) is 5.33. The van der Waals surface area contributed by atoms with Crippen molar-refractivity contribution in [3.8, 4) is 0 Å². The first kappa shape index (κ1) is 12.4. The minimum Gasteiger partial charge on any atom is -0.466 e. The van der Waals surface area contributed by atoms with E-state index in [2.05, 4.69) is 6.92 Å². The zero-order valence-corrected chi connectivity index (χ0v) is 8.55. The SMILES string of the molecule is CCCCOC(=O)CCCCCN. The first-order valence-corrected chi connectivity index (χ1v) is 5.17. The third-order valence-corrected chi connectivity index (χ3v) is 1.85. The van der Waals surface area contributed by atoms with Gasteiger partial charge in [-0.3, -0.25) is 4.79 Å². The lowest BCUT2D eigenvalue weighted by atomic mass is 10.2. The number of hydrogen-bond donors (Lipinski definition) is 1. The summed E-state index contributed by atoms with van der Waals surface area (Å²) in [6.07, 6.45) is 5.52. The van der Waals surface area contributed by atoms with Crippen molar-refractivity contribution in [1.82, 2.24) is 0 Å². The fourth-order valence-electron chi connectivity index (χ4n) is 0.993. The maximum Gasteiger partial charge on any atom is 0.305 e. The van der Waals surface area contributed by atoms with Crippen molar-refractivity contribution in [3.05, 3.63) is 0 Å². The van der Waals surface area contributed by atoms with Gasteiger partial charge in [0.05, 0.1) is 6.61 Å². The minimum atomic E-state index is -0.0644. The smallest absolute Gasteiger partial charge is 0.305 e. The van der Waals surface area contributed by atoms with Crippen LogP contribution in [0.25, 0.3) is 0 Å². The molecule has 0 saturated heterocycles. The molecule has 0 radical (unpaired) electrons. The van der Waals surface area contributed by atoms with E-state index in [-0.39, 0.29) is 5.97 Å². The molecule has 13 heavy (non-hydrogen) atoms. The first-order valence-electron chi connectivity index (χ1n) is 5.17. The van der Waals surface area contributed by atoms with Gasteiger partial charge in [-0.25, -0.2) is 0 Å². The molecule has 78 valence electrons. The Kier molecular flexibility index (Phi) is 9.10. The van der Waals surface area contributed by atoms with Crippen molar-refractivity contribution in [3.63, 3.8) is 0 Å². The van der Waals surface area contributed by atoms with Crippen LogP contribution in [-0.4, -0.2) is 19.1 Å². The van der Waals surface area contributed by atoms with Gasteiger partial charge in [0.2, 0.25) is 0 Å². The van der Waals surface area contributed by atoms with E-state index in [9.17, 15) is 4.79 Å². The summed E-state index contributed by atoms with van der Waals surface area (Å²) in [6.45, 7) is 3.37. The second-order valence-corrected chi connectivity index (χ2v) is 3.17.